The normalized spacial score (nSPS) is 20.0. The molecule has 0 aromatic carbocycles. The van der Waals surface area contributed by atoms with Crippen LogP contribution < -0.4 is 10.5 Å². The van der Waals surface area contributed by atoms with Crippen molar-refractivity contribution in [3.8, 4) is 0 Å². The molecule has 0 bridgehead atoms. The largest absolute Gasteiger partial charge is 0.349 e. The summed E-state index contributed by atoms with van der Waals surface area (Å²) in [5.74, 6) is 1.22. The van der Waals surface area contributed by atoms with Crippen LogP contribution in [0.3, 0.4) is 0 Å². The highest BCUT2D eigenvalue weighted by Gasteiger charge is 2.25. The molecule has 19 heavy (non-hydrogen) atoms. The van der Waals surface area contributed by atoms with Crippen molar-refractivity contribution < 1.29 is 0 Å². The Balaban J connectivity index is 2.34. The molecule has 1 aliphatic rings. The van der Waals surface area contributed by atoms with Gasteiger partial charge in [0, 0.05) is 36.9 Å². The minimum Gasteiger partial charge on any atom is -0.349 e. The fourth-order valence-corrected chi connectivity index (χ4v) is 2.98. The zero-order valence-electron chi connectivity index (χ0n) is 11.7. The lowest BCUT2D eigenvalue weighted by Crippen LogP contribution is -2.44. The summed E-state index contributed by atoms with van der Waals surface area (Å²) in [7, 11) is 0. The van der Waals surface area contributed by atoms with E-state index in [1.807, 2.05) is 13.8 Å². The minimum atomic E-state index is 0.0129. The van der Waals surface area contributed by atoms with Crippen molar-refractivity contribution in [2.24, 2.45) is 0 Å². The van der Waals surface area contributed by atoms with Crippen LogP contribution in [0.4, 0.5) is 5.82 Å². The Kier molecular flexibility index (Phi) is 4.86. The maximum absolute atomic E-state index is 12.5. The SMILES string of the molecule is CC(C)n1ccnc(N2CCCCC2CCCl)c1=O. The van der Waals surface area contributed by atoms with Crippen molar-refractivity contribution in [3.05, 3.63) is 22.7 Å². The van der Waals surface area contributed by atoms with Gasteiger partial charge in [0.2, 0.25) is 0 Å². The summed E-state index contributed by atoms with van der Waals surface area (Å²) in [6.07, 6.45) is 7.84. The Morgan fingerprint density at radius 3 is 2.95 bits per heavy atom. The number of aromatic nitrogens is 2. The molecular weight excluding hydrogens is 262 g/mol. The summed E-state index contributed by atoms with van der Waals surface area (Å²) in [5, 5.41) is 0. The molecule has 1 aromatic rings. The number of rotatable bonds is 4. The summed E-state index contributed by atoms with van der Waals surface area (Å²) in [6, 6.07) is 0.514. The average molecular weight is 284 g/mol. The predicted octanol–water partition coefficient (Wildman–Crippen LogP) is 2.81. The number of alkyl halides is 1. The van der Waals surface area contributed by atoms with Crippen LogP contribution in [0.2, 0.25) is 0 Å². The van der Waals surface area contributed by atoms with Crippen LogP contribution in [-0.4, -0.2) is 28.0 Å². The van der Waals surface area contributed by atoms with Crippen molar-refractivity contribution in [1.82, 2.24) is 9.55 Å². The van der Waals surface area contributed by atoms with Crippen molar-refractivity contribution in [1.29, 1.82) is 0 Å². The molecule has 0 radical (unpaired) electrons. The van der Waals surface area contributed by atoms with E-state index in [2.05, 4.69) is 9.88 Å². The van der Waals surface area contributed by atoms with E-state index in [1.54, 1.807) is 17.0 Å². The second-order valence-electron chi connectivity index (χ2n) is 5.38. The molecule has 1 aromatic heterocycles. The Bertz CT molecular complexity index is 470. The van der Waals surface area contributed by atoms with E-state index in [0.717, 1.165) is 25.8 Å². The van der Waals surface area contributed by atoms with E-state index in [4.69, 9.17) is 11.6 Å². The molecule has 1 aliphatic heterocycles. The van der Waals surface area contributed by atoms with E-state index in [9.17, 15) is 4.79 Å². The van der Waals surface area contributed by atoms with Gasteiger partial charge in [0.25, 0.3) is 5.56 Å². The fourth-order valence-electron chi connectivity index (χ4n) is 2.72. The zero-order chi connectivity index (χ0) is 13.8. The third-order valence-electron chi connectivity index (χ3n) is 3.75. The number of nitrogens with zero attached hydrogens (tertiary/aromatic N) is 3. The van der Waals surface area contributed by atoms with Crippen LogP contribution in [0.15, 0.2) is 17.2 Å². The smallest absolute Gasteiger partial charge is 0.293 e. The Morgan fingerprint density at radius 2 is 2.26 bits per heavy atom. The van der Waals surface area contributed by atoms with Crippen molar-refractivity contribution in [3.63, 3.8) is 0 Å². The van der Waals surface area contributed by atoms with Crippen LogP contribution in [0, 0.1) is 0 Å². The van der Waals surface area contributed by atoms with Gasteiger partial charge in [-0.1, -0.05) is 0 Å². The number of hydrogen-bond acceptors (Lipinski definition) is 3. The highest BCUT2D eigenvalue weighted by Crippen LogP contribution is 2.23. The maximum atomic E-state index is 12.5. The molecule has 0 aliphatic carbocycles. The third kappa shape index (κ3) is 3.11. The van der Waals surface area contributed by atoms with E-state index in [-0.39, 0.29) is 11.6 Å². The van der Waals surface area contributed by atoms with Crippen LogP contribution in [0.25, 0.3) is 0 Å². The molecule has 0 N–H and O–H groups in total. The Hall–Kier alpha value is -1.03. The number of halogens is 1. The monoisotopic (exact) mass is 283 g/mol. The molecule has 4 nitrogen and oxygen atoms in total. The first-order valence-corrected chi connectivity index (χ1v) is 7.58. The molecule has 0 spiro atoms. The van der Waals surface area contributed by atoms with Gasteiger partial charge in [-0.05, 0) is 39.5 Å². The van der Waals surface area contributed by atoms with Crippen LogP contribution >= 0.6 is 11.6 Å². The van der Waals surface area contributed by atoms with Gasteiger partial charge >= 0.3 is 0 Å². The van der Waals surface area contributed by atoms with Crippen molar-refractivity contribution >= 4 is 17.4 Å². The lowest BCUT2D eigenvalue weighted by atomic mass is 10.00. The predicted molar refractivity (Wildman–Crippen MR) is 79.2 cm³/mol. The molecule has 1 unspecified atom stereocenters. The third-order valence-corrected chi connectivity index (χ3v) is 3.97. The lowest BCUT2D eigenvalue weighted by molar-refractivity contribution is 0.443. The molecule has 1 fully saturated rings. The second-order valence-corrected chi connectivity index (χ2v) is 5.76. The van der Waals surface area contributed by atoms with Gasteiger partial charge in [-0.25, -0.2) is 4.98 Å². The summed E-state index contributed by atoms with van der Waals surface area (Å²) in [6.45, 7) is 4.93. The van der Waals surface area contributed by atoms with E-state index < -0.39 is 0 Å². The number of anilines is 1. The fraction of sp³-hybridized carbons (Fsp3) is 0.714. The van der Waals surface area contributed by atoms with Gasteiger partial charge in [0.15, 0.2) is 5.82 Å². The Labute approximate surface area is 119 Å². The van der Waals surface area contributed by atoms with Crippen molar-refractivity contribution in [2.45, 2.75) is 51.6 Å². The topological polar surface area (TPSA) is 38.1 Å². The first-order chi connectivity index (χ1) is 9.15. The standard InChI is InChI=1S/C14H22ClN3O/c1-11(2)17-10-8-16-13(14(17)19)18-9-4-3-5-12(18)6-7-15/h8,10-12H,3-7,9H2,1-2H3. The molecule has 5 heteroatoms. The first kappa shape index (κ1) is 14.4. The highest BCUT2D eigenvalue weighted by molar-refractivity contribution is 6.17. The van der Waals surface area contributed by atoms with Crippen molar-refractivity contribution in [2.75, 3.05) is 17.3 Å². The van der Waals surface area contributed by atoms with Crippen LogP contribution in [0.1, 0.15) is 45.6 Å². The summed E-state index contributed by atoms with van der Waals surface area (Å²) in [5.41, 5.74) is 0.0129. The Morgan fingerprint density at radius 1 is 1.47 bits per heavy atom. The molecule has 106 valence electrons. The maximum Gasteiger partial charge on any atom is 0.293 e. The average Bonchev–Trinajstić information content (AvgIpc) is 2.40. The second kappa shape index (κ2) is 6.42. The molecule has 0 saturated carbocycles. The van der Waals surface area contributed by atoms with E-state index in [1.165, 1.54) is 6.42 Å². The summed E-state index contributed by atoms with van der Waals surface area (Å²) < 4.78 is 1.74. The number of piperidine rings is 1. The molecule has 2 rings (SSSR count). The van der Waals surface area contributed by atoms with Gasteiger partial charge in [0.05, 0.1) is 0 Å². The van der Waals surface area contributed by atoms with Gasteiger partial charge < -0.3 is 9.47 Å². The van der Waals surface area contributed by atoms with Gasteiger partial charge in [-0.2, -0.15) is 0 Å². The molecule has 1 saturated heterocycles. The number of hydrogen-bond donors (Lipinski definition) is 0. The minimum absolute atomic E-state index is 0.0129. The van der Waals surface area contributed by atoms with Gasteiger partial charge in [0.1, 0.15) is 0 Å². The molecular formula is C14H22ClN3O. The summed E-state index contributed by atoms with van der Waals surface area (Å²) in [4.78, 5) is 19.0. The lowest BCUT2D eigenvalue weighted by Gasteiger charge is -2.36. The molecule has 1 atom stereocenters. The van der Waals surface area contributed by atoms with Crippen LogP contribution in [-0.2, 0) is 0 Å². The molecule has 0 amide bonds. The van der Waals surface area contributed by atoms with E-state index >= 15 is 0 Å². The van der Waals surface area contributed by atoms with Crippen LogP contribution in [0.5, 0.6) is 0 Å². The first-order valence-electron chi connectivity index (χ1n) is 7.05. The molecule has 2 heterocycles. The van der Waals surface area contributed by atoms with E-state index in [0.29, 0.717) is 17.7 Å². The van der Waals surface area contributed by atoms with Gasteiger partial charge in [-0.3, -0.25) is 4.79 Å². The summed E-state index contributed by atoms with van der Waals surface area (Å²) >= 11 is 5.88. The zero-order valence-corrected chi connectivity index (χ0v) is 12.4. The highest BCUT2D eigenvalue weighted by atomic mass is 35.5. The van der Waals surface area contributed by atoms with Gasteiger partial charge in [-0.15, -0.1) is 11.6 Å². The quantitative estimate of drug-likeness (QED) is 0.798.